The van der Waals surface area contributed by atoms with Crippen molar-refractivity contribution >= 4 is 23.0 Å². The molecule has 0 aliphatic carbocycles. The number of nitrogens with one attached hydrogen (secondary N) is 1. The van der Waals surface area contributed by atoms with Gasteiger partial charge in [0.2, 0.25) is 0 Å². The van der Waals surface area contributed by atoms with E-state index in [2.05, 4.69) is 25.1 Å². The van der Waals surface area contributed by atoms with Crippen LogP contribution in [0, 0.1) is 5.82 Å². The van der Waals surface area contributed by atoms with E-state index in [0.717, 1.165) is 22.3 Å². The highest BCUT2D eigenvalue weighted by Crippen LogP contribution is 2.25. The minimum absolute atomic E-state index is 0.322. The van der Waals surface area contributed by atoms with Crippen LogP contribution in [0.2, 0.25) is 0 Å². The Morgan fingerprint density at radius 1 is 1.14 bits per heavy atom. The van der Waals surface area contributed by atoms with Crippen LogP contribution < -0.4 is 5.32 Å². The molecule has 2 heteroatoms. The number of hydrogen-bond donors (Lipinski definition) is 1. The molecule has 0 bridgehead atoms. The van der Waals surface area contributed by atoms with Gasteiger partial charge in [-0.2, -0.15) is 0 Å². The summed E-state index contributed by atoms with van der Waals surface area (Å²) in [5.74, 6) is -0.322. The van der Waals surface area contributed by atoms with Gasteiger partial charge in [0, 0.05) is 11.3 Å². The average Bonchev–Trinajstić information content (AvgIpc) is 2.49. The van der Waals surface area contributed by atoms with Crippen molar-refractivity contribution in [1.29, 1.82) is 0 Å². The Kier molecular flexibility index (Phi) is 4.39. The second-order valence-corrected chi connectivity index (χ2v) is 4.87. The number of rotatable bonds is 5. The Balaban J connectivity index is 2.33. The molecule has 0 aliphatic rings. The van der Waals surface area contributed by atoms with E-state index < -0.39 is 0 Å². The molecule has 2 rings (SSSR count). The van der Waals surface area contributed by atoms with Gasteiger partial charge in [-0.25, -0.2) is 4.39 Å². The topological polar surface area (TPSA) is 12.0 Å². The van der Waals surface area contributed by atoms with Gasteiger partial charge in [-0.1, -0.05) is 61.7 Å². The average molecular weight is 279 g/mol. The maximum absolute atomic E-state index is 13.9. The Morgan fingerprint density at radius 3 is 2.52 bits per heavy atom. The third kappa shape index (κ3) is 3.29. The molecule has 0 spiro atoms. The van der Waals surface area contributed by atoms with Crippen molar-refractivity contribution in [3.8, 4) is 0 Å². The molecule has 0 radical (unpaired) electrons. The summed E-state index contributed by atoms with van der Waals surface area (Å²) in [6.45, 7) is 13.5. The van der Waals surface area contributed by atoms with Crippen LogP contribution in [0.15, 0.2) is 62.2 Å². The summed E-state index contributed by atoms with van der Waals surface area (Å²) in [5.41, 5.74) is 4.64. The molecular weight excluding hydrogens is 261 g/mol. The minimum Gasteiger partial charge on any atom is -0.353 e. The van der Waals surface area contributed by atoms with Crippen molar-refractivity contribution in [3.05, 3.63) is 84.7 Å². The lowest BCUT2D eigenvalue weighted by molar-refractivity contribution is 0.632. The van der Waals surface area contributed by atoms with Crippen molar-refractivity contribution in [2.75, 3.05) is 5.32 Å². The molecule has 0 fully saturated rings. The molecule has 0 atom stereocenters. The number of anilines is 1. The molecule has 2 aromatic carbocycles. The lowest BCUT2D eigenvalue weighted by Crippen LogP contribution is -2.01. The molecule has 1 N–H and O–H groups in total. The highest BCUT2D eigenvalue weighted by molar-refractivity contribution is 5.81. The zero-order valence-corrected chi connectivity index (χ0v) is 12.1. The Labute approximate surface area is 125 Å². The Morgan fingerprint density at radius 2 is 1.86 bits per heavy atom. The Bertz CT molecular complexity index is 713. The zero-order valence-electron chi connectivity index (χ0n) is 12.1. The monoisotopic (exact) mass is 279 g/mol. The maximum atomic E-state index is 13.9. The highest BCUT2D eigenvalue weighted by Gasteiger charge is 2.08. The number of allylic oxidation sites excluding steroid dienone is 1. The third-order valence-electron chi connectivity index (χ3n) is 3.25. The lowest BCUT2D eigenvalue weighted by Gasteiger charge is -2.14. The Hall–Kier alpha value is -2.61. The summed E-state index contributed by atoms with van der Waals surface area (Å²) < 4.78 is 13.9. The second-order valence-electron chi connectivity index (χ2n) is 4.87. The molecule has 0 aliphatic heterocycles. The van der Waals surface area contributed by atoms with E-state index in [1.54, 1.807) is 18.2 Å². The number of halogens is 1. The zero-order chi connectivity index (χ0) is 15.4. The van der Waals surface area contributed by atoms with Crippen LogP contribution in [0.4, 0.5) is 10.1 Å². The van der Waals surface area contributed by atoms with E-state index in [9.17, 15) is 4.39 Å². The van der Waals surface area contributed by atoms with Crippen LogP contribution in [0.5, 0.6) is 0 Å². The predicted molar refractivity (Wildman–Crippen MR) is 90.3 cm³/mol. The molecule has 0 aromatic heterocycles. The quantitative estimate of drug-likeness (QED) is 0.752. The van der Waals surface area contributed by atoms with Gasteiger partial charge in [0.05, 0.1) is 5.69 Å². The number of benzene rings is 2. The fourth-order valence-corrected chi connectivity index (χ4v) is 2.07. The predicted octanol–water partition coefficient (Wildman–Crippen LogP) is 5.58. The van der Waals surface area contributed by atoms with Gasteiger partial charge in [-0.3, -0.25) is 0 Å². The molecule has 0 saturated carbocycles. The van der Waals surface area contributed by atoms with E-state index in [-0.39, 0.29) is 5.82 Å². The van der Waals surface area contributed by atoms with Gasteiger partial charge in [-0.05, 0) is 30.2 Å². The van der Waals surface area contributed by atoms with Gasteiger partial charge in [0.1, 0.15) is 5.82 Å². The van der Waals surface area contributed by atoms with Crippen molar-refractivity contribution in [2.45, 2.75) is 6.92 Å². The first-order valence-electron chi connectivity index (χ1n) is 6.66. The summed E-state index contributed by atoms with van der Waals surface area (Å²) >= 11 is 0. The van der Waals surface area contributed by atoms with Crippen LogP contribution in [0.1, 0.15) is 23.6 Å². The van der Waals surface area contributed by atoms with Crippen molar-refractivity contribution in [1.82, 2.24) is 0 Å². The van der Waals surface area contributed by atoms with Crippen LogP contribution >= 0.6 is 0 Å². The van der Waals surface area contributed by atoms with Gasteiger partial charge >= 0.3 is 0 Å². The summed E-state index contributed by atoms with van der Waals surface area (Å²) in [4.78, 5) is 0. The van der Waals surface area contributed by atoms with E-state index in [0.29, 0.717) is 11.4 Å². The molecule has 0 unspecified atom stereocenters. The van der Waals surface area contributed by atoms with Crippen molar-refractivity contribution < 1.29 is 4.39 Å². The van der Waals surface area contributed by atoms with E-state index in [4.69, 9.17) is 0 Å². The number of hydrogen-bond acceptors (Lipinski definition) is 1. The van der Waals surface area contributed by atoms with Crippen LogP contribution in [-0.4, -0.2) is 0 Å². The molecule has 2 aromatic rings. The van der Waals surface area contributed by atoms with Crippen LogP contribution in [0.25, 0.3) is 17.3 Å². The highest BCUT2D eigenvalue weighted by atomic mass is 19.1. The molecular formula is C19H18FN. The van der Waals surface area contributed by atoms with Gasteiger partial charge in [0.15, 0.2) is 0 Å². The smallest absolute Gasteiger partial charge is 0.146 e. The molecule has 0 amide bonds. The SMILES string of the molecule is C=Cc1ccccc1C(=C)Nc1cc(C(=C)C)ccc1F. The van der Waals surface area contributed by atoms with E-state index >= 15 is 0 Å². The fraction of sp³-hybridized carbons (Fsp3) is 0.0526. The second kappa shape index (κ2) is 6.23. The lowest BCUT2D eigenvalue weighted by atomic mass is 10.0. The van der Waals surface area contributed by atoms with E-state index in [1.165, 1.54) is 6.07 Å². The van der Waals surface area contributed by atoms with Crippen molar-refractivity contribution in [3.63, 3.8) is 0 Å². The molecule has 0 heterocycles. The van der Waals surface area contributed by atoms with Gasteiger partial charge < -0.3 is 5.32 Å². The van der Waals surface area contributed by atoms with Crippen molar-refractivity contribution in [2.24, 2.45) is 0 Å². The normalized spacial score (nSPS) is 10.0. The fourth-order valence-electron chi connectivity index (χ4n) is 2.07. The van der Waals surface area contributed by atoms with Crippen LogP contribution in [-0.2, 0) is 0 Å². The minimum atomic E-state index is -0.322. The summed E-state index contributed by atoms with van der Waals surface area (Å²) in [7, 11) is 0. The molecule has 21 heavy (non-hydrogen) atoms. The first-order chi connectivity index (χ1) is 10.0. The third-order valence-corrected chi connectivity index (χ3v) is 3.25. The molecule has 1 nitrogen and oxygen atoms in total. The first-order valence-corrected chi connectivity index (χ1v) is 6.66. The van der Waals surface area contributed by atoms with E-state index in [1.807, 2.05) is 31.2 Å². The first kappa shape index (κ1) is 14.8. The summed E-state index contributed by atoms with van der Waals surface area (Å²) in [6, 6.07) is 12.6. The summed E-state index contributed by atoms with van der Waals surface area (Å²) in [5, 5.41) is 3.04. The molecule has 106 valence electrons. The largest absolute Gasteiger partial charge is 0.353 e. The standard InChI is InChI=1S/C19H18FN/c1-5-15-8-6-7-9-17(15)14(4)21-19-12-16(13(2)3)10-11-18(19)20/h5-12,21H,1-2,4H2,3H3. The summed E-state index contributed by atoms with van der Waals surface area (Å²) in [6.07, 6.45) is 1.75. The molecule has 0 saturated heterocycles. The van der Waals surface area contributed by atoms with Crippen LogP contribution in [0.3, 0.4) is 0 Å². The maximum Gasteiger partial charge on any atom is 0.146 e. The van der Waals surface area contributed by atoms with Gasteiger partial charge in [0.25, 0.3) is 0 Å². The van der Waals surface area contributed by atoms with Gasteiger partial charge in [-0.15, -0.1) is 0 Å².